The maximum atomic E-state index is 9.70. The fraction of sp³-hybridized carbons (Fsp3) is 0.333. The summed E-state index contributed by atoms with van der Waals surface area (Å²) in [5.41, 5.74) is 6.57. The molecule has 2 rings (SSSR count). The van der Waals surface area contributed by atoms with Gasteiger partial charge in [0.1, 0.15) is 11.6 Å². The molecule has 0 aliphatic carbocycles. The van der Waals surface area contributed by atoms with Gasteiger partial charge in [-0.15, -0.1) is 0 Å². The van der Waals surface area contributed by atoms with E-state index in [-0.39, 0.29) is 17.7 Å². The van der Waals surface area contributed by atoms with Gasteiger partial charge in [0.25, 0.3) is 0 Å². The van der Waals surface area contributed by atoms with Crippen molar-refractivity contribution in [2.75, 3.05) is 0 Å². The van der Waals surface area contributed by atoms with E-state index >= 15 is 0 Å². The number of rotatable bonds is 3. The zero-order valence-corrected chi connectivity index (χ0v) is 9.88. The van der Waals surface area contributed by atoms with Crippen LogP contribution in [0, 0.1) is 5.92 Å². The first-order chi connectivity index (χ1) is 8.09. The number of phenolic OH excluding ortho intramolecular Hbond substituents is 1. The average Bonchev–Trinajstić information content (AvgIpc) is 2.77. The van der Waals surface area contributed by atoms with Crippen LogP contribution in [0.4, 0.5) is 0 Å². The fourth-order valence-electron chi connectivity index (χ4n) is 1.52. The summed E-state index contributed by atoms with van der Waals surface area (Å²) < 4.78 is 0. The molecule has 0 saturated heterocycles. The minimum Gasteiger partial charge on any atom is -0.507 e. The second-order valence-electron chi connectivity index (χ2n) is 4.33. The molecule has 0 radical (unpaired) electrons. The summed E-state index contributed by atoms with van der Waals surface area (Å²) >= 11 is 0. The molecule has 17 heavy (non-hydrogen) atoms. The molecule has 0 amide bonds. The normalized spacial score (nSPS) is 12.9. The van der Waals surface area contributed by atoms with E-state index in [1.165, 1.54) is 0 Å². The van der Waals surface area contributed by atoms with Crippen molar-refractivity contribution in [3.8, 4) is 17.1 Å². The zero-order valence-electron chi connectivity index (χ0n) is 9.88. The Morgan fingerprint density at radius 2 is 2.00 bits per heavy atom. The van der Waals surface area contributed by atoms with Gasteiger partial charge in [-0.05, 0) is 18.1 Å². The van der Waals surface area contributed by atoms with Crippen molar-refractivity contribution in [2.45, 2.75) is 19.9 Å². The molecule has 0 saturated carbocycles. The molecule has 0 fully saturated rings. The first-order valence-corrected chi connectivity index (χ1v) is 5.56. The highest BCUT2D eigenvalue weighted by molar-refractivity contribution is 5.62. The standard InChI is InChI=1S/C12H16N4O/c1-7(2)10(13)12-14-11(15-16-12)8-5-3-4-6-9(8)17/h3-7,10,17H,13H2,1-2H3,(H,14,15,16)/t10-/m1/s1. The molecule has 1 heterocycles. The Balaban J connectivity index is 2.34. The van der Waals surface area contributed by atoms with Crippen LogP contribution in [-0.4, -0.2) is 20.3 Å². The van der Waals surface area contributed by atoms with Crippen molar-refractivity contribution in [3.63, 3.8) is 0 Å². The van der Waals surface area contributed by atoms with E-state index in [2.05, 4.69) is 15.2 Å². The topological polar surface area (TPSA) is 87.8 Å². The van der Waals surface area contributed by atoms with Crippen LogP contribution in [0.25, 0.3) is 11.4 Å². The second kappa shape index (κ2) is 4.55. The lowest BCUT2D eigenvalue weighted by atomic mass is 10.1. The summed E-state index contributed by atoms with van der Waals surface area (Å²) in [4.78, 5) is 4.31. The van der Waals surface area contributed by atoms with Crippen LogP contribution in [0.15, 0.2) is 24.3 Å². The van der Waals surface area contributed by atoms with Gasteiger partial charge in [0, 0.05) is 0 Å². The van der Waals surface area contributed by atoms with Gasteiger partial charge in [-0.2, -0.15) is 5.10 Å². The Hall–Kier alpha value is -1.88. The number of aromatic nitrogens is 3. The molecule has 2 aromatic rings. The number of nitrogens with two attached hydrogens (primary N) is 1. The maximum Gasteiger partial charge on any atom is 0.184 e. The van der Waals surface area contributed by atoms with Crippen LogP contribution in [0.2, 0.25) is 0 Å². The van der Waals surface area contributed by atoms with Crippen LogP contribution in [0.1, 0.15) is 25.7 Å². The predicted octanol–water partition coefficient (Wildman–Crippen LogP) is 1.83. The molecule has 1 atom stereocenters. The van der Waals surface area contributed by atoms with E-state index in [9.17, 15) is 5.11 Å². The number of aromatic hydroxyl groups is 1. The van der Waals surface area contributed by atoms with Crippen LogP contribution >= 0.6 is 0 Å². The van der Waals surface area contributed by atoms with Crippen molar-refractivity contribution >= 4 is 0 Å². The van der Waals surface area contributed by atoms with E-state index < -0.39 is 0 Å². The quantitative estimate of drug-likeness (QED) is 0.753. The van der Waals surface area contributed by atoms with Gasteiger partial charge < -0.3 is 10.8 Å². The van der Waals surface area contributed by atoms with Gasteiger partial charge in [-0.1, -0.05) is 26.0 Å². The largest absolute Gasteiger partial charge is 0.507 e. The minimum absolute atomic E-state index is 0.163. The van der Waals surface area contributed by atoms with Gasteiger partial charge in [0.2, 0.25) is 0 Å². The highest BCUT2D eigenvalue weighted by atomic mass is 16.3. The lowest BCUT2D eigenvalue weighted by Crippen LogP contribution is -2.18. The molecule has 1 aromatic heterocycles. The molecule has 4 N–H and O–H groups in total. The predicted molar refractivity (Wildman–Crippen MR) is 65.2 cm³/mol. The van der Waals surface area contributed by atoms with E-state index in [0.29, 0.717) is 17.2 Å². The van der Waals surface area contributed by atoms with E-state index in [0.717, 1.165) is 0 Å². The molecule has 0 spiro atoms. The summed E-state index contributed by atoms with van der Waals surface area (Å²) in [5, 5.41) is 16.6. The van der Waals surface area contributed by atoms with Crippen molar-refractivity contribution in [2.24, 2.45) is 11.7 Å². The fourth-order valence-corrected chi connectivity index (χ4v) is 1.52. The van der Waals surface area contributed by atoms with Crippen LogP contribution in [0.5, 0.6) is 5.75 Å². The SMILES string of the molecule is CC(C)[C@@H](N)c1nc(-c2ccccc2O)n[nH]1. The molecular formula is C12H16N4O. The molecule has 5 heteroatoms. The summed E-state index contributed by atoms with van der Waals surface area (Å²) in [5.74, 6) is 1.55. The first kappa shape index (κ1) is 11.6. The van der Waals surface area contributed by atoms with Crippen LogP contribution < -0.4 is 5.73 Å². The van der Waals surface area contributed by atoms with Crippen molar-refractivity contribution in [1.29, 1.82) is 0 Å². The molecule has 0 aliphatic rings. The summed E-state index contributed by atoms with van der Waals surface area (Å²) in [6, 6.07) is 6.78. The zero-order chi connectivity index (χ0) is 12.4. The maximum absolute atomic E-state index is 9.70. The number of nitrogens with one attached hydrogen (secondary N) is 1. The Labute approximate surface area is 99.7 Å². The number of para-hydroxylation sites is 1. The molecule has 5 nitrogen and oxygen atoms in total. The number of phenols is 1. The molecule has 90 valence electrons. The number of hydrogen-bond donors (Lipinski definition) is 3. The van der Waals surface area contributed by atoms with Gasteiger partial charge in [-0.3, -0.25) is 5.10 Å². The summed E-state index contributed by atoms with van der Waals surface area (Å²) in [7, 11) is 0. The summed E-state index contributed by atoms with van der Waals surface area (Å²) in [6.45, 7) is 4.04. The number of hydrogen-bond acceptors (Lipinski definition) is 4. The van der Waals surface area contributed by atoms with Gasteiger partial charge in [-0.25, -0.2) is 4.98 Å². The number of aromatic amines is 1. The Bertz CT molecular complexity index is 507. The lowest BCUT2D eigenvalue weighted by Gasteiger charge is -2.11. The first-order valence-electron chi connectivity index (χ1n) is 5.56. The number of benzene rings is 1. The van der Waals surface area contributed by atoms with Crippen molar-refractivity contribution in [1.82, 2.24) is 15.2 Å². The smallest absolute Gasteiger partial charge is 0.184 e. The highest BCUT2D eigenvalue weighted by Crippen LogP contribution is 2.26. The number of H-pyrrole nitrogens is 1. The average molecular weight is 232 g/mol. The third kappa shape index (κ3) is 2.29. The third-order valence-electron chi connectivity index (χ3n) is 2.68. The molecular weight excluding hydrogens is 216 g/mol. The molecule has 0 unspecified atom stereocenters. The Morgan fingerprint density at radius 3 is 2.65 bits per heavy atom. The third-order valence-corrected chi connectivity index (χ3v) is 2.68. The highest BCUT2D eigenvalue weighted by Gasteiger charge is 2.16. The van der Waals surface area contributed by atoms with E-state index in [1.54, 1.807) is 18.2 Å². The molecule has 1 aromatic carbocycles. The number of nitrogens with zero attached hydrogens (tertiary/aromatic N) is 2. The Morgan fingerprint density at radius 1 is 1.29 bits per heavy atom. The summed E-state index contributed by atoms with van der Waals surface area (Å²) in [6.07, 6.45) is 0. The van der Waals surface area contributed by atoms with E-state index in [1.807, 2.05) is 19.9 Å². The molecule has 0 bridgehead atoms. The minimum atomic E-state index is -0.179. The van der Waals surface area contributed by atoms with Gasteiger partial charge >= 0.3 is 0 Å². The van der Waals surface area contributed by atoms with Crippen molar-refractivity contribution in [3.05, 3.63) is 30.1 Å². The van der Waals surface area contributed by atoms with Gasteiger partial charge in [0.05, 0.1) is 11.6 Å². The van der Waals surface area contributed by atoms with Crippen molar-refractivity contribution < 1.29 is 5.11 Å². The molecule has 0 aliphatic heterocycles. The van der Waals surface area contributed by atoms with Crippen LogP contribution in [-0.2, 0) is 0 Å². The monoisotopic (exact) mass is 232 g/mol. The van der Waals surface area contributed by atoms with E-state index in [4.69, 9.17) is 5.73 Å². The van der Waals surface area contributed by atoms with Crippen LogP contribution in [0.3, 0.4) is 0 Å². The van der Waals surface area contributed by atoms with Gasteiger partial charge in [0.15, 0.2) is 5.82 Å². The Kier molecular flexibility index (Phi) is 3.10. The lowest BCUT2D eigenvalue weighted by molar-refractivity contribution is 0.477. The second-order valence-corrected chi connectivity index (χ2v) is 4.33.